The SMILES string of the molecule is CC1CC(C(=O)O)CN(C(=O)NC2CCN(c3ccccc3)C2=O)C1. The van der Waals surface area contributed by atoms with Crippen LogP contribution in [0.3, 0.4) is 0 Å². The molecular weight excluding hydrogens is 322 g/mol. The topological polar surface area (TPSA) is 89.9 Å². The summed E-state index contributed by atoms with van der Waals surface area (Å²) in [7, 11) is 0. The van der Waals surface area contributed by atoms with Crippen molar-refractivity contribution in [2.24, 2.45) is 11.8 Å². The monoisotopic (exact) mass is 345 g/mol. The number of hydrogen-bond acceptors (Lipinski definition) is 3. The lowest BCUT2D eigenvalue weighted by atomic mass is 9.91. The number of anilines is 1. The molecule has 1 aromatic rings. The third-order valence-electron chi connectivity index (χ3n) is 4.87. The highest BCUT2D eigenvalue weighted by Gasteiger charge is 2.37. The average Bonchev–Trinajstić information content (AvgIpc) is 2.95. The molecule has 0 aliphatic carbocycles. The van der Waals surface area contributed by atoms with Gasteiger partial charge in [-0.1, -0.05) is 25.1 Å². The number of carbonyl (C=O) groups excluding carboxylic acids is 2. The Kier molecular flexibility index (Phi) is 4.92. The van der Waals surface area contributed by atoms with Gasteiger partial charge in [0.2, 0.25) is 5.91 Å². The first-order valence-corrected chi connectivity index (χ1v) is 8.60. The van der Waals surface area contributed by atoms with E-state index in [1.165, 1.54) is 4.90 Å². The van der Waals surface area contributed by atoms with E-state index in [0.29, 0.717) is 25.9 Å². The Hall–Kier alpha value is -2.57. The van der Waals surface area contributed by atoms with Crippen LogP contribution in [0, 0.1) is 11.8 Å². The number of piperidine rings is 1. The number of rotatable bonds is 3. The van der Waals surface area contributed by atoms with Crippen LogP contribution in [-0.4, -0.2) is 53.6 Å². The van der Waals surface area contributed by atoms with Crippen molar-refractivity contribution < 1.29 is 19.5 Å². The molecule has 3 atom stereocenters. The molecule has 2 N–H and O–H groups in total. The predicted octanol–water partition coefficient (Wildman–Crippen LogP) is 1.54. The smallest absolute Gasteiger partial charge is 0.318 e. The van der Waals surface area contributed by atoms with E-state index < -0.39 is 17.9 Å². The second-order valence-electron chi connectivity index (χ2n) is 6.90. The van der Waals surface area contributed by atoms with Gasteiger partial charge in [-0.3, -0.25) is 9.59 Å². The van der Waals surface area contributed by atoms with Crippen molar-refractivity contribution in [2.45, 2.75) is 25.8 Å². The fourth-order valence-corrected chi connectivity index (χ4v) is 3.61. The van der Waals surface area contributed by atoms with E-state index in [0.717, 1.165) is 5.69 Å². The van der Waals surface area contributed by atoms with Gasteiger partial charge in [0.1, 0.15) is 6.04 Å². The van der Waals surface area contributed by atoms with Crippen LogP contribution in [0.5, 0.6) is 0 Å². The van der Waals surface area contributed by atoms with Crippen LogP contribution in [0.1, 0.15) is 19.8 Å². The van der Waals surface area contributed by atoms with Crippen molar-refractivity contribution in [3.8, 4) is 0 Å². The second kappa shape index (κ2) is 7.13. The number of aliphatic carboxylic acids is 1. The Bertz CT molecular complexity index is 664. The summed E-state index contributed by atoms with van der Waals surface area (Å²) >= 11 is 0. The zero-order valence-corrected chi connectivity index (χ0v) is 14.2. The van der Waals surface area contributed by atoms with E-state index >= 15 is 0 Å². The van der Waals surface area contributed by atoms with Gasteiger partial charge in [-0.15, -0.1) is 0 Å². The number of benzene rings is 1. The fourth-order valence-electron chi connectivity index (χ4n) is 3.61. The van der Waals surface area contributed by atoms with Crippen LogP contribution in [0.25, 0.3) is 0 Å². The quantitative estimate of drug-likeness (QED) is 0.870. The van der Waals surface area contributed by atoms with Crippen LogP contribution in [0.4, 0.5) is 10.5 Å². The largest absolute Gasteiger partial charge is 0.481 e. The summed E-state index contributed by atoms with van der Waals surface area (Å²) in [5.74, 6) is -1.42. The number of amides is 3. The lowest BCUT2D eigenvalue weighted by molar-refractivity contribution is -0.143. The summed E-state index contributed by atoms with van der Waals surface area (Å²) in [5.41, 5.74) is 0.821. The Labute approximate surface area is 146 Å². The van der Waals surface area contributed by atoms with Crippen molar-refractivity contribution in [3.05, 3.63) is 30.3 Å². The number of nitrogens with zero attached hydrogens (tertiary/aromatic N) is 2. The average molecular weight is 345 g/mol. The zero-order valence-electron chi connectivity index (χ0n) is 14.2. The number of likely N-dealkylation sites (tertiary alicyclic amines) is 1. The van der Waals surface area contributed by atoms with Gasteiger partial charge in [0.15, 0.2) is 0 Å². The van der Waals surface area contributed by atoms with Crippen molar-refractivity contribution in [3.63, 3.8) is 0 Å². The lowest BCUT2D eigenvalue weighted by Gasteiger charge is -2.35. The third kappa shape index (κ3) is 3.75. The molecule has 2 aliphatic heterocycles. The van der Waals surface area contributed by atoms with Gasteiger partial charge in [-0.05, 0) is 30.9 Å². The summed E-state index contributed by atoms with van der Waals surface area (Å²) in [5, 5.41) is 12.0. The maximum atomic E-state index is 12.6. The molecule has 3 rings (SSSR count). The van der Waals surface area contributed by atoms with Crippen molar-refractivity contribution in [2.75, 3.05) is 24.5 Å². The van der Waals surface area contributed by atoms with Crippen LogP contribution in [0.15, 0.2) is 30.3 Å². The maximum Gasteiger partial charge on any atom is 0.318 e. The van der Waals surface area contributed by atoms with E-state index in [9.17, 15) is 19.5 Å². The van der Waals surface area contributed by atoms with E-state index in [2.05, 4.69) is 5.32 Å². The Morgan fingerprint density at radius 1 is 1.20 bits per heavy atom. The highest BCUT2D eigenvalue weighted by molar-refractivity contribution is 6.01. The first-order chi connectivity index (χ1) is 12.0. The number of urea groups is 1. The van der Waals surface area contributed by atoms with Gasteiger partial charge in [0.25, 0.3) is 0 Å². The minimum atomic E-state index is -0.878. The minimum Gasteiger partial charge on any atom is -0.481 e. The number of para-hydroxylation sites is 1. The zero-order chi connectivity index (χ0) is 18.0. The molecule has 3 amide bonds. The number of nitrogens with one attached hydrogen (secondary N) is 1. The second-order valence-corrected chi connectivity index (χ2v) is 6.90. The van der Waals surface area contributed by atoms with E-state index in [-0.39, 0.29) is 24.4 Å². The summed E-state index contributed by atoms with van der Waals surface area (Å²) in [6, 6.07) is 8.45. The molecule has 3 unspecified atom stereocenters. The summed E-state index contributed by atoms with van der Waals surface area (Å²) < 4.78 is 0. The van der Waals surface area contributed by atoms with Gasteiger partial charge in [0.05, 0.1) is 5.92 Å². The van der Waals surface area contributed by atoms with Crippen LogP contribution in [0.2, 0.25) is 0 Å². The summed E-state index contributed by atoms with van der Waals surface area (Å²) in [6.45, 7) is 3.20. The highest BCUT2D eigenvalue weighted by Crippen LogP contribution is 2.24. The maximum absolute atomic E-state index is 12.6. The molecule has 7 nitrogen and oxygen atoms in total. The molecule has 134 valence electrons. The molecule has 7 heteroatoms. The molecular formula is C18H23N3O4. The molecule has 2 fully saturated rings. The van der Waals surface area contributed by atoms with Crippen molar-refractivity contribution in [1.29, 1.82) is 0 Å². The fraction of sp³-hybridized carbons (Fsp3) is 0.500. The predicted molar refractivity (Wildman–Crippen MR) is 92.2 cm³/mol. The third-order valence-corrected chi connectivity index (χ3v) is 4.87. The summed E-state index contributed by atoms with van der Waals surface area (Å²) in [4.78, 5) is 39.5. The van der Waals surface area contributed by atoms with Gasteiger partial charge >= 0.3 is 12.0 Å². The molecule has 1 aromatic carbocycles. The van der Waals surface area contributed by atoms with Gasteiger partial charge in [0, 0.05) is 25.3 Å². The molecule has 0 radical (unpaired) electrons. The Morgan fingerprint density at radius 3 is 2.60 bits per heavy atom. The van der Waals surface area contributed by atoms with Crippen LogP contribution < -0.4 is 10.2 Å². The number of carboxylic acids is 1. The lowest BCUT2D eigenvalue weighted by Crippen LogP contribution is -2.53. The van der Waals surface area contributed by atoms with Gasteiger partial charge < -0.3 is 20.2 Å². The van der Waals surface area contributed by atoms with Crippen molar-refractivity contribution in [1.82, 2.24) is 10.2 Å². The summed E-state index contributed by atoms with van der Waals surface area (Å²) in [6.07, 6.45) is 1.12. The first kappa shape index (κ1) is 17.3. The molecule has 2 heterocycles. The number of carbonyl (C=O) groups is 3. The molecule has 0 saturated carbocycles. The molecule has 0 aromatic heterocycles. The molecule has 2 aliphatic rings. The van der Waals surface area contributed by atoms with E-state index in [4.69, 9.17) is 0 Å². The van der Waals surface area contributed by atoms with E-state index in [1.54, 1.807) is 4.90 Å². The minimum absolute atomic E-state index is 0.126. The van der Waals surface area contributed by atoms with Crippen LogP contribution >= 0.6 is 0 Å². The normalized spacial score (nSPS) is 26.6. The molecule has 0 spiro atoms. The van der Waals surface area contributed by atoms with Gasteiger partial charge in [-0.25, -0.2) is 4.79 Å². The Morgan fingerprint density at radius 2 is 1.92 bits per heavy atom. The molecule has 0 bridgehead atoms. The Balaban J connectivity index is 1.61. The number of carboxylic acid groups (broad SMARTS) is 1. The first-order valence-electron chi connectivity index (χ1n) is 8.60. The highest BCUT2D eigenvalue weighted by atomic mass is 16.4. The van der Waals surface area contributed by atoms with Crippen molar-refractivity contribution >= 4 is 23.6 Å². The standard InChI is InChI=1S/C18H23N3O4/c1-12-9-13(17(23)24)11-20(10-12)18(25)19-15-7-8-21(16(15)22)14-5-3-2-4-6-14/h2-6,12-13,15H,7-11H2,1H3,(H,19,25)(H,23,24). The molecule has 2 saturated heterocycles. The van der Waals surface area contributed by atoms with Gasteiger partial charge in [-0.2, -0.15) is 0 Å². The number of hydrogen-bond donors (Lipinski definition) is 2. The van der Waals surface area contributed by atoms with E-state index in [1.807, 2.05) is 37.3 Å². The van der Waals surface area contributed by atoms with Crippen LogP contribution in [-0.2, 0) is 9.59 Å². The molecule has 25 heavy (non-hydrogen) atoms.